The normalized spacial score (nSPS) is 20.2. The average Bonchev–Trinajstić information content (AvgIpc) is 2.67. The Bertz CT molecular complexity index is 425. The van der Waals surface area contributed by atoms with Crippen molar-refractivity contribution in [1.29, 1.82) is 0 Å². The van der Waals surface area contributed by atoms with Crippen LogP contribution >= 0.6 is 23.2 Å². The standard InChI is InChI=1S/C10H10Cl2N2O2/c11-8-4-13-9(12)3-7(8)10(16)14-2-1-6(15)5-14/h3-4,6,15H,1-2,5H2/t6-/m0/s1. The van der Waals surface area contributed by atoms with Crippen LogP contribution in [0.25, 0.3) is 0 Å². The number of aliphatic hydroxyl groups excluding tert-OH is 1. The molecule has 86 valence electrons. The number of carbonyl (C=O) groups excluding carboxylic acids is 1. The number of rotatable bonds is 1. The van der Waals surface area contributed by atoms with Crippen molar-refractivity contribution < 1.29 is 9.90 Å². The highest BCUT2D eigenvalue weighted by Gasteiger charge is 2.26. The number of β-amino-alcohol motifs (C(OH)–C–C–N with tert-alkyl or cyclic N) is 1. The number of aliphatic hydroxyl groups is 1. The molecule has 1 N–H and O–H groups in total. The predicted molar refractivity (Wildman–Crippen MR) is 60.8 cm³/mol. The van der Waals surface area contributed by atoms with Crippen LogP contribution in [0.1, 0.15) is 16.8 Å². The maximum Gasteiger partial charge on any atom is 0.255 e. The third-order valence-electron chi connectivity index (χ3n) is 2.50. The first-order valence-corrected chi connectivity index (χ1v) is 5.62. The van der Waals surface area contributed by atoms with Gasteiger partial charge in [-0.1, -0.05) is 23.2 Å². The van der Waals surface area contributed by atoms with Crippen LogP contribution in [-0.2, 0) is 0 Å². The van der Waals surface area contributed by atoms with Gasteiger partial charge < -0.3 is 10.0 Å². The van der Waals surface area contributed by atoms with E-state index in [1.165, 1.54) is 12.3 Å². The highest BCUT2D eigenvalue weighted by atomic mass is 35.5. The Morgan fingerprint density at radius 3 is 2.94 bits per heavy atom. The highest BCUT2D eigenvalue weighted by Crippen LogP contribution is 2.21. The number of nitrogens with zero attached hydrogens (tertiary/aromatic N) is 2. The summed E-state index contributed by atoms with van der Waals surface area (Å²) in [5.41, 5.74) is 0.329. The van der Waals surface area contributed by atoms with E-state index in [4.69, 9.17) is 23.2 Å². The SMILES string of the molecule is O=C(c1cc(Cl)ncc1Cl)N1CC[C@H](O)C1. The first-order chi connectivity index (χ1) is 7.58. The fourth-order valence-corrected chi connectivity index (χ4v) is 2.02. The van der Waals surface area contributed by atoms with Crippen LogP contribution in [0.2, 0.25) is 10.2 Å². The molecule has 2 heterocycles. The van der Waals surface area contributed by atoms with E-state index in [-0.39, 0.29) is 16.1 Å². The van der Waals surface area contributed by atoms with E-state index < -0.39 is 6.10 Å². The van der Waals surface area contributed by atoms with Crippen molar-refractivity contribution >= 4 is 29.1 Å². The summed E-state index contributed by atoms with van der Waals surface area (Å²) in [5.74, 6) is -0.217. The van der Waals surface area contributed by atoms with E-state index in [2.05, 4.69) is 4.98 Å². The number of hydrogen-bond acceptors (Lipinski definition) is 3. The van der Waals surface area contributed by atoms with E-state index in [0.717, 1.165) is 0 Å². The van der Waals surface area contributed by atoms with Crippen LogP contribution in [0.5, 0.6) is 0 Å². The molecule has 0 aliphatic carbocycles. The van der Waals surface area contributed by atoms with Gasteiger partial charge in [-0.15, -0.1) is 0 Å². The summed E-state index contributed by atoms with van der Waals surface area (Å²) in [7, 11) is 0. The molecule has 0 spiro atoms. The monoisotopic (exact) mass is 260 g/mol. The number of aromatic nitrogens is 1. The molecule has 6 heteroatoms. The Kier molecular flexibility index (Phi) is 3.33. The van der Waals surface area contributed by atoms with Gasteiger partial charge in [0, 0.05) is 19.3 Å². The lowest BCUT2D eigenvalue weighted by Crippen LogP contribution is -2.29. The molecule has 0 aromatic carbocycles. The third-order valence-corrected chi connectivity index (χ3v) is 3.01. The summed E-state index contributed by atoms with van der Waals surface area (Å²) in [5, 5.41) is 9.86. The first-order valence-electron chi connectivity index (χ1n) is 4.86. The predicted octanol–water partition coefficient (Wildman–Crippen LogP) is 1.60. The van der Waals surface area contributed by atoms with Gasteiger partial charge in [0.15, 0.2) is 0 Å². The number of pyridine rings is 1. The zero-order chi connectivity index (χ0) is 11.7. The molecular formula is C10H10Cl2N2O2. The summed E-state index contributed by atoms with van der Waals surface area (Å²) < 4.78 is 0. The van der Waals surface area contributed by atoms with Crippen molar-refractivity contribution in [2.45, 2.75) is 12.5 Å². The summed E-state index contributed by atoms with van der Waals surface area (Å²) in [6.07, 6.45) is 1.51. The van der Waals surface area contributed by atoms with E-state index >= 15 is 0 Å². The quantitative estimate of drug-likeness (QED) is 0.781. The molecule has 1 aliphatic rings. The second-order valence-corrected chi connectivity index (χ2v) is 4.47. The average molecular weight is 261 g/mol. The molecule has 4 nitrogen and oxygen atoms in total. The molecule has 16 heavy (non-hydrogen) atoms. The van der Waals surface area contributed by atoms with Crippen LogP contribution in [0, 0.1) is 0 Å². The fourth-order valence-electron chi connectivity index (χ4n) is 1.67. The Balaban J connectivity index is 2.23. The van der Waals surface area contributed by atoms with Gasteiger partial charge in [0.05, 0.1) is 16.7 Å². The molecule has 2 rings (SSSR count). The second kappa shape index (κ2) is 4.57. The summed E-state index contributed by atoms with van der Waals surface area (Å²) in [6, 6.07) is 1.44. The molecule has 1 atom stereocenters. The molecule has 1 fully saturated rings. The van der Waals surface area contributed by atoms with Crippen LogP contribution < -0.4 is 0 Å². The number of amides is 1. The molecule has 0 saturated carbocycles. The maximum atomic E-state index is 12.0. The van der Waals surface area contributed by atoms with Gasteiger partial charge in [-0.05, 0) is 12.5 Å². The smallest absolute Gasteiger partial charge is 0.255 e. The minimum Gasteiger partial charge on any atom is -0.391 e. The Hall–Kier alpha value is -0.840. The number of likely N-dealkylation sites (tertiary alicyclic amines) is 1. The minimum absolute atomic E-state index is 0.217. The molecule has 0 bridgehead atoms. The van der Waals surface area contributed by atoms with Crippen LogP contribution in [-0.4, -0.2) is 40.1 Å². The number of hydrogen-bond donors (Lipinski definition) is 1. The van der Waals surface area contributed by atoms with Gasteiger partial charge in [0.25, 0.3) is 5.91 Å². The van der Waals surface area contributed by atoms with Crippen molar-refractivity contribution in [1.82, 2.24) is 9.88 Å². The van der Waals surface area contributed by atoms with Crippen LogP contribution in [0.15, 0.2) is 12.3 Å². The number of halogens is 2. The van der Waals surface area contributed by atoms with Gasteiger partial charge in [-0.3, -0.25) is 4.79 Å². The highest BCUT2D eigenvalue weighted by molar-refractivity contribution is 6.35. The first kappa shape index (κ1) is 11.6. The summed E-state index contributed by atoms with van der Waals surface area (Å²) in [6.45, 7) is 0.880. The molecule has 1 aromatic rings. The molecule has 1 aliphatic heterocycles. The van der Waals surface area contributed by atoms with E-state index in [1.807, 2.05) is 0 Å². The lowest BCUT2D eigenvalue weighted by Gasteiger charge is -2.16. The van der Waals surface area contributed by atoms with E-state index in [9.17, 15) is 9.90 Å². The maximum absolute atomic E-state index is 12.0. The third kappa shape index (κ3) is 2.29. The van der Waals surface area contributed by atoms with Crippen molar-refractivity contribution in [2.24, 2.45) is 0 Å². The van der Waals surface area contributed by atoms with Gasteiger partial charge in [0.1, 0.15) is 5.15 Å². The van der Waals surface area contributed by atoms with Gasteiger partial charge in [-0.2, -0.15) is 0 Å². The Morgan fingerprint density at radius 1 is 1.56 bits per heavy atom. The topological polar surface area (TPSA) is 53.4 Å². The molecule has 1 saturated heterocycles. The zero-order valence-corrected chi connectivity index (χ0v) is 9.87. The minimum atomic E-state index is -0.444. The van der Waals surface area contributed by atoms with Crippen molar-refractivity contribution in [2.75, 3.05) is 13.1 Å². The van der Waals surface area contributed by atoms with Gasteiger partial charge >= 0.3 is 0 Å². The van der Waals surface area contributed by atoms with Crippen molar-refractivity contribution in [3.05, 3.63) is 28.0 Å². The van der Waals surface area contributed by atoms with E-state index in [1.54, 1.807) is 4.90 Å². The number of carbonyl (C=O) groups is 1. The lowest BCUT2D eigenvalue weighted by molar-refractivity contribution is 0.0765. The van der Waals surface area contributed by atoms with Crippen molar-refractivity contribution in [3.63, 3.8) is 0 Å². The molecule has 1 aromatic heterocycles. The van der Waals surface area contributed by atoms with Crippen LogP contribution in [0.4, 0.5) is 0 Å². The van der Waals surface area contributed by atoms with Gasteiger partial charge in [0.2, 0.25) is 0 Å². The van der Waals surface area contributed by atoms with Crippen LogP contribution in [0.3, 0.4) is 0 Å². The van der Waals surface area contributed by atoms with E-state index in [0.29, 0.717) is 25.1 Å². The molecule has 0 unspecified atom stereocenters. The molecule has 0 radical (unpaired) electrons. The lowest BCUT2D eigenvalue weighted by atomic mass is 10.2. The second-order valence-electron chi connectivity index (χ2n) is 3.68. The largest absolute Gasteiger partial charge is 0.391 e. The van der Waals surface area contributed by atoms with Crippen molar-refractivity contribution in [3.8, 4) is 0 Å². The Labute approximate surface area is 103 Å². The molecule has 1 amide bonds. The zero-order valence-electron chi connectivity index (χ0n) is 8.36. The van der Waals surface area contributed by atoms with Gasteiger partial charge in [-0.25, -0.2) is 4.98 Å². The fraction of sp³-hybridized carbons (Fsp3) is 0.400. The summed E-state index contributed by atoms with van der Waals surface area (Å²) in [4.78, 5) is 17.3. The summed E-state index contributed by atoms with van der Waals surface area (Å²) >= 11 is 11.6. The Morgan fingerprint density at radius 2 is 2.31 bits per heavy atom. The molecular weight excluding hydrogens is 251 g/mol.